The minimum absolute atomic E-state index is 0.0888. The number of methoxy groups -OCH3 is 1. The first-order valence-corrected chi connectivity index (χ1v) is 7.90. The molecule has 0 rings (SSSR count). The monoisotopic (exact) mass is 324 g/mol. The Labute approximate surface area is 133 Å². The van der Waals surface area contributed by atoms with Gasteiger partial charge in [0.05, 0.1) is 25.4 Å². The summed E-state index contributed by atoms with van der Waals surface area (Å²) >= 11 is 0. The number of aliphatic hydroxyl groups excluding tert-OH is 3. The highest BCUT2D eigenvalue weighted by atomic mass is 16.5. The van der Waals surface area contributed by atoms with Gasteiger partial charge in [-0.25, -0.2) is 0 Å². The van der Waals surface area contributed by atoms with E-state index < -0.39 is 6.10 Å². The van der Waals surface area contributed by atoms with Crippen molar-refractivity contribution in [2.45, 2.75) is 37.9 Å². The number of rotatable bonds is 17. The van der Waals surface area contributed by atoms with E-state index in [1.54, 1.807) is 7.11 Å². The van der Waals surface area contributed by atoms with E-state index >= 15 is 0 Å². The molecule has 0 aliphatic rings. The third-order valence-electron chi connectivity index (χ3n) is 2.95. The maximum absolute atomic E-state index is 9.47. The van der Waals surface area contributed by atoms with Crippen molar-refractivity contribution < 1.29 is 34.3 Å². The Morgan fingerprint density at radius 3 is 2.18 bits per heavy atom. The van der Waals surface area contributed by atoms with E-state index in [4.69, 9.17) is 29.2 Å². The molecule has 2 atom stereocenters. The molecule has 0 fully saturated rings. The number of hydrogen-bond donors (Lipinski definition) is 3. The second-order valence-electron chi connectivity index (χ2n) is 5.02. The van der Waals surface area contributed by atoms with E-state index in [0.29, 0.717) is 65.3 Å². The molecule has 2 unspecified atom stereocenters. The van der Waals surface area contributed by atoms with Crippen LogP contribution >= 0.6 is 0 Å². The highest BCUT2D eigenvalue weighted by Gasteiger charge is 2.10. The van der Waals surface area contributed by atoms with Crippen molar-refractivity contribution in [1.82, 2.24) is 0 Å². The first-order chi connectivity index (χ1) is 10.7. The van der Waals surface area contributed by atoms with Crippen molar-refractivity contribution in [1.29, 1.82) is 0 Å². The van der Waals surface area contributed by atoms with Gasteiger partial charge >= 0.3 is 0 Å². The molecule has 0 aliphatic carbocycles. The quantitative estimate of drug-likeness (QED) is 0.323. The van der Waals surface area contributed by atoms with Gasteiger partial charge < -0.3 is 34.3 Å². The van der Waals surface area contributed by atoms with E-state index in [-0.39, 0.29) is 19.3 Å². The van der Waals surface area contributed by atoms with Crippen LogP contribution < -0.4 is 0 Å². The first kappa shape index (κ1) is 21.7. The largest absolute Gasteiger partial charge is 0.396 e. The van der Waals surface area contributed by atoms with Crippen LogP contribution in [0.1, 0.15) is 25.7 Å². The molecule has 0 saturated carbocycles. The third-order valence-corrected chi connectivity index (χ3v) is 2.95. The lowest BCUT2D eigenvalue weighted by atomic mass is 10.2. The van der Waals surface area contributed by atoms with Gasteiger partial charge in [-0.3, -0.25) is 0 Å². The third kappa shape index (κ3) is 14.6. The van der Waals surface area contributed by atoms with Crippen molar-refractivity contribution in [3.63, 3.8) is 0 Å². The Kier molecular flexibility index (Phi) is 16.9. The SMILES string of the molecule is COCC(O)CCOCCC(COCCCO)OCCCO. The van der Waals surface area contributed by atoms with Gasteiger partial charge in [-0.15, -0.1) is 0 Å². The van der Waals surface area contributed by atoms with Gasteiger partial charge in [0.25, 0.3) is 0 Å². The van der Waals surface area contributed by atoms with Gasteiger partial charge in [0, 0.05) is 46.8 Å². The lowest BCUT2D eigenvalue weighted by molar-refractivity contribution is -0.0403. The highest BCUT2D eigenvalue weighted by molar-refractivity contribution is 4.58. The normalized spacial score (nSPS) is 14.2. The Morgan fingerprint density at radius 1 is 0.818 bits per heavy atom. The fourth-order valence-corrected chi connectivity index (χ4v) is 1.72. The van der Waals surface area contributed by atoms with Crippen LogP contribution in [0.3, 0.4) is 0 Å². The van der Waals surface area contributed by atoms with E-state index in [1.807, 2.05) is 0 Å². The van der Waals surface area contributed by atoms with Crippen LogP contribution in [0.5, 0.6) is 0 Å². The van der Waals surface area contributed by atoms with Gasteiger partial charge in [-0.05, 0) is 25.7 Å². The molecule has 0 aliphatic heterocycles. The number of hydrogen-bond acceptors (Lipinski definition) is 7. The molecule has 0 amide bonds. The lowest BCUT2D eigenvalue weighted by Crippen LogP contribution is -2.24. The summed E-state index contributed by atoms with van der Waals surface area (Å²) in [7, 11) is 1.55. The summed E-state index contributed by atoms with van der Waals surface area (Å²) in [6.45, 7) is 2.95. The van der Waals surface area contributed by atoms with Crippen LogP contribution in [-0.4, -0.2) is 87.5 Å². The molecule has 134 valence electrons. The van der Waals surface area contributed by atoms with E-state index in [1.165, 1.54) is 0 Å². The molecule has 7 heteroatoms. The summed E-state index contributed by atoms with van der Waals surface area (Å²) in [5, 5.41) is 26.9. The van der Waals surface area contributed by atoms with E-state index in [9.17, 15) is 5.11 Å². The molecule has 0 aromatic carbocycles. The molecule has 0 bridgehead atoms. The molecule has 0 aromatic rings. The average molecular weight is 324 g/mol. The molecular weight excluding hydrogens is 292 g/mol. The van der Waals surface area contributed by atoms with Crippen LogP contribution in [0.25, 0.3) is 0 Å². The Morgan fingerprint density at radius 2 is 1.50 bits per heavy atom. The van der Waals surface area contributed by atoms with Gasteiger partial charge in [-0.1, -0.05) is 0 Å². The summed E-state index contributed by atoms with van der Waals surface area (Å²) in [4.78, 5) is 0. The summed E-state index contributed by atoms with van der Waals surface area (Å²) in [5.74, 6) is 0. The molecule has 0 heterocycles. The summed E-state index contributed by atoms with van der Waals surface area (Å²) in [5.41, 5.74) is 0. The zero-order chi connectivity index (χ0) is 16.5. The molecular formula is C15H32O7. The highest BCUT2D eigenvalue weighted by Crippen LogP contribution is 2.03. The Balaban J connectivity index is 3.71. The zero-order valence-corrected chi connectivity index (χ0v) is 13.6. The summed E-state index contributed by atoms with van der Waals surface area (Å²) in [6, 6.07) is 0. The lowest BCUT2D eigenvalue weighted by Gasteiger charge is -2.18. The van der Waals surface area contributed by atoms with Gasteiger partial charge in [0.2, 0.25) is 0 Å². The van der Waals surface area contributed by atoms with Gasteiger partial charge in [0.1, 0.15) is 0 Å². The van der Waals surface area contributed by atoms with Gasteiger partial charge in [-0.2, -0.15) is 0 Å². The molecule has 0 spiro atoms. The topological polar surface area (TPSA) is 97.6 Å². The van der Waals surface area contributed by atoms with Crippen LogP contribution in [0.15, 0.2) is 0 Å². The number of ether oxygens (including phenoxy) is 4. The minimum Gasteiger partial charge on any atom is -0.396 e. The fourth-order valence-electron chi connectivity index (χ4n) is 1.72. The summed E-state index contributed by atoms with van der Waals surface area (Å²) < 4.78 is 21.4. The first-order valence-electron chi connectivity index (χ1n) is 7.90. The number of aliphatic hydroxyl groups is 3. The minimum atomic E-state index is -0.497. The predicted octanol–water partition coefficient (Wildman–Crippen LogP) is -0.0429. The second-order valence-corrected chi connectivity index (χ2v) is 5.02. The molecule has 0 aromatic heterocycles. The zero-order valence-electron chi connectivity index (χ0n) is 13.6. The van der Waals surface area contributed by atoms with Crippen molar-refractivity contribution in [2.24, 2.45) is 0 Å². The molecule has 0 radical (unpaired) electrons. The Bertz CT molecular complexity index is 216. The van der Waals surface area contributed by atoms with Crippen molar-refractivity contribution in [3.05, 3.63) is 0 Å². The molecule has 7 nitrogen and oxygen atoms in total. The standard InChI is InChI=1S/C15H32O7/c1-19-12-14(18)4-10-20-11-5-15(22-9-3-7-17)13-21-8-2-6-16/h14-18H,2-13H2,1H3. The maximum Gasteiger partial charge on any atom is 0.0830 e. The van der Waals surface area contributed by atoms with Gasteiger partial charge in [0.15, 0.2) is 0 Å². The van der Waals surface area contributed by atoms with Crippen LogP contribution in [0.2, 0.25) is 0 Å². The second kappa shape index (κ2) is 17.1. The Hall–Kier alpha value is -0.280. The molecule has 22 heavy (non-hydrogen) atoms. The van der Waals surface area contributed by atoms with Crippen LogP contribution in [-0.2, 0) is 18.9 Å². The van der Waals surface area contributed by atoms with Crippen molar-refractivity contribution in [2.75, 3.05) is 60.0 Å². The fraction of sp³-hybridized carbons (Fsp3) is 1.00. The maximum atomic E-state index is 9.47. The average Bonchev–Trinajstić information content (AvgIpc) is 2.51. The molecule has 3 N–H and O–H groups in total. The van der Waals surface area contributed by atoms with Crippen LogP contribution in [0, 0.1) is 0 Å². The van der Waals surface area contributed by atoms with Crippen LogP contribution in [0.4, 0.5) is 0 Å². The smallest absolute Gasteiger partial charge is 0.0830 e. The van der Waals surface area contributed by atoms with E-state index in [2.05, 4.69) is 0 Å². The van der Waals surface area contributed by atoms with Crippen molar-refractivity contribution >= 4 is 0 Å². The van der Waals surface area contributed by atoms with Crippen molar-refractivity contribution in [3.8, 4) is 0 Å². The predicted molar refractivity (Wildman–Crippen MR) is 81.9 cm³/mol. The van der Waals surface area contributed by atoms with E-state index in [0.717, 1.165) is 0 Å². The molecule has 0 saturated heterocycles. The summed E-state index contributed by atoms with van der Waals surface area (Å²) in [6.07, 6.45) is 1.84.